The van der Waals surface area contributed by atoms with Crippen LogP contribution in [0, 0.1) is 24.1 Å². The lowest BCUT2D eigenvalue weighted by Crippen LogP contribution is -2.60. The molecular weight excluding hydrogens is 446 g/mol. The second-order valence-corrected chi connectivity index (χ2v) is 7.83. The predicted molar refractivity (Wildman–Crippen MR) is 101 cm³/mol. The number of halogens is 5. The molecule has 168 valence electrons. The summed E-state index contributed by atoms with van der Waals surface area (Å²) in [5.41, 5.74) is -2.31. The van der Waals surface area contributed by atoms with Gasteiger partial charge in [0.1, 0.15) is 5.75 Å². The third-order valence-electron chi connectivity index (χ3n) is 5.57. The van der Waals surface area contributed by atoms with Crippen molar-refractivity contribution in [3.63, 3.8) is 0 Å². The number of carbonyl (C=O) groups is 2. The number of carbonyl (C=O) groups excluding carboxylic acids is 1. The number of carboxylic acid groups (broad SMARTS) is 1. The van der Waals surface area contributed by atoms with Crippen molar-refractivity contribution in [3.05, 3.63) is 23.0 Å². The lowest BCUT2D eigenvalue weighted by Gasteiger charge is -2.42. The van der Waals surface area contributed by atoms with Gasteiger partial charge < -0.3 is 14.6 Å². The van der Waals surface area contributed by atoms with E-state index in [9.17, 15) is 32.3 Å². The van der Waals surface area contributed by atoms with Crippen LogP contribution in [0.2, 0.25) is 5.02 Å². The Balaban J connectivity index is 1.91. The number of ether oxygens (including phenoxy) is 2. The fourth-order valence-corrected chi connectivity index (χ4v) is 3.93. The number of rotatable bonds is 5. The molecule has 6 nitrogen and oxygen atoms in total. The molecule has 31 heavy (non-hydrogen) atoms. The van der Waals surface area contributed by atoms with Gasteiger partial charge in [0, 0.05) is 32.1 Å². The van der Waals surface area contributed by atoms with Crippen LogP contribution in [-0.4, -0.2) is 48.0 Å². The monoisotopic (exact) mass is 463 g/mol. The van der Waals surface area contributed by atoms with E-state index in [-0.39, 0.29) is 49.7 Å². The summed E-state index contributed by atoms with van der Waals surface area (Å²) in [4.78, 5) is 25.2. The lowest BCUT2D eigenvalue weighted by atomic mass is 9.82. The van der Waals surface area contributed by atoms with Crippen LogP contribution >= 0.6 is 11.6 Å². The summed E-state index contributed by atoms with van der Waals surface area (Å²) in [5.74, 6) is -3.42. The Hall–Kier alpha value is -2.51. The highest BCUT2D eigenvalue weighted by atomic mass is 35.5. The lowest BCUT2D eigenvalue weighted by molar-refractivity contribution is -0.210. The van der Waals surface area contributed by atoms with Gasteiger partial charge in [-0.3, -0.25) is 9.69 Å². The smallest absolute Gasteiger partial charge is 0.392 e. The standard InChI is InChI=1S/C20H18ClF4NO5/c1-2-17(27)26(19(18(28)29)3-5-30-6-4-19)15-9-13(21)16(10-14(15)22)31-12-7-11(8-12)20(23,24)25/h1,9-12H,3-8H2,(H,28,29). The minimum Gasteiger partial charge on any atom is -0.489 e. The van der Waals surface area contributed by atoms with E-state index in [2.05, 4.69) is 0 Å². The van der Waals surface area contributed by atoms with Gasteiger partial charge in [-0.1, -0.05) is 11.6 Å². The molecule has 1 saturated heterocycles. The molecule has 0 aromatic heterocycles. The van der Waals surface area contributed by atoms with Gasteiger partial charge in [0.25, 0.3) is 0 Å². The second-order valence-electron chi connectivity index (χ2n) is 7.42. The van der Waals surface area contributed by atoms with Crippen molar-refractivity contribution < 1.29 is 41.7 Å². The zero-order valence-corrected chi connectivity index (χ0v) is 16.8. The van der Waals surface area contributed by atoms with Crippen LogP contribution in [-0.2, 0) is 14.3 Å². The molecule has 1 aliphatic carbocycles. The van der Waals surface area contributed by atoms with Gasteiger partial charge in [-0.2, -0.15) is 13.2 Å². The number of hydrogen-bond acceptors (Lipinski definition) is 4. The first kappa shape index (κ1) is 23.2. The first-order chi connectivity index (χ1) is 14.5. The molecule has 1 saturated carbocycles. The summed E-state index contributed by atoms with van der Waals surface area (Å²) in [6.45, 7) is 0.0263. The predicted octanol–water partition coefficient (Wildman–Crippen LogP) is 3.80. The van der Waals surface area contributed by atoms with Crippen molar-refractivity contribution in [2.45, 2.75) is 43.5 Å². The first-order valence-electron chi connectivity index (χ1n) is 9.34. The number of alkyl halides is 3. The number of benzene rings is 1. The van der Waals surface area contributed by atoms with E-state index < -0.39 is 47.1 Å². The highest BCUT2D eigenvalue weighted by molar-refractivity contribution is 6.32. The van der Waals surface area contributed by atoms with Gasteiger partial charge >= 0.3 is 18.1 Å². The molecule has 11 heteroatoms. The van der Waals surface area contributed by atoms with Crippen LogP contribution in [0.25, 0.3) is 0 Å². The molecule has 0 radical (unpaired) electrons. The summed E-state index contributed by atoms with van der Waals surface area (Å²) >= 11 is 6.13. The van der Waals surface area contributed by atoms with E-state index in [1.807, 2.05) is 0 Å². The van der Waals surface area contributed by atoms with Gasteiger partial charge in [0.15, 0.2) is 11.4 Å². The maximum atomic E-state index is 15.0. The van der Waals surface area contributed by atoms with Crippen molar-refractivity contribution >= 4 is 29.2 Å². The molecule has 1 aliphatic heterocycles. The van der Waals surface area contributed by atoms with Crippen LogP contribution in [0.1, 0.15) is 25.7 Å². The molecule has 0 atom stereocenters. The minimum atomic E-state index is -4.33. The van der Waals surface area contributed by atoms with E-state index in [4.69, 9.17) is 27.5 Å². The number of terminal acetylenes is 1. The Labute approximate surface area is 180 Å². The van der Waals surface area contributed by atoms with Gasteiger partial charge in [0.2, 0.25) is 0 Å². The van der Waals surface area contributed by atoms with Gasteiger partial charge in [-0.15, -0.1) is 6.42 Å². The topological polar surface area (TPSA) is 76.1 Å². The maximum absolute atomic E-state index is 15.0. The summed E-state index contributed by atoms with van der Waals surface area (Å²) in [7, 11) is 0. The number of nitrogens with zero attached hydrogens (tertiary/aromatic N) is 1. The Bertz CT molecular complexity index is 917. The molecule has 3 rings (SSSR count). The summed E-state index contributed by atoms with van der Waals surface area (Å²) < 4.78 is 63.4. The van der Waals surface area contributed by atoms with Crippen LogP contribution in [0.15, 0.2) is 12.1 Å². The third-order valence-corrected chi connectivity index (χ3v) is 5.86. The van der Waals surface area contributed by atoms with Crippen molar-refractivity contribution in [1.29, 1.82) is 0 Å². The molecule has 0 spiro atoms. The average molecular weight is 464 g/mol. The number of aliphatic carboxylic acids is 1. The average Bonchev–Trinajstić information content (AvgIpc) is 2.67. The molecule has 1 aromatic rings. The van der Waals surface area contributed by atoms with E-state index in [0.29, 0.717) is 4.90 Å². The zero-order valence-electron chi connectivity index (χ0n) is 16.0. The van der Waals surface area contributed by atoms with Crippen LogP contribution in [0.3, 0.4) is 0 Å². The fraction of sp³-hybridized carbons (Fsp3) is 0.500. The Kier molecular flexibility index (Phi) is 6.39. The molecule has 0 bridgehead atoms. The Morgan fingerprint density at radius 2 is 1.90 bits per heavy atom. The summed E-state index contributed by atoms with van der Waals surface area (Å²) in [5, 5.41) is 9.64. The Morgan fingerprint density at radius 3 is 2.42 bits per heavy atom. The van der Waals surface area contributed by atoms with E-state index in [0.717, 1.165) is 12.1 Å². The summed E-state index contributed by atoms with van der Waals surface area (Å²) in [6.07, 6.45) is -0.762. The summed E-state index contributed by atoms with van der Waals surface area (Å²) in [6, 6.07) is 1.80. The number of amides is 1. The van der Waals surface area contributed by atoms with Crippen molar-refractivity contribution in [1.82, 2.24) is 0 Å². The highest BCUT2D eigenvalue weighted by Crippen LogP contribution is 2.44. The first-order valence-corrected chi connectivity index (χ1v) is 9.71. The van der Waals surface area contributed by atoms with Crippen molar-refractivity contribution in [3.8, 4) is 18.1 Å². The SMILES string of the molecule is C#CC(=O)N(c1cc(Cl)c(OC2CC(C(F)(F)F)C2)cc1F)C1(C(=O)O)CCOCC1. The molecular formula is C20H18ClF4NO5. The largest absolute Gasteiger partial charge is 0.489 e. The molecule has 2 aliphatic rings. The molecule has 1 amide bonds. The quantitative estimate of drug-likeness (QED) is 0.531. The molecule has 2 fully saturated rings. The second kappa shape index (κ2) is 8.55. The van der Waals surface area contributed by atoms with Crippen LogP contribution in [0.4, 0.5) is 23.2 Å². The molecule has 0 unspecified atom stereocenters. The third kappa shape index (κ3) is 4.43. The Morgan fingerprint density at radius 1 is 1.29 bits per heavy atom. The number of anilines is 1. The van der Waals surface area contributed by atoms with Crippen LogP contribution in [0.5, 0.6) is 5.75 Å². The van der Waals surface area contributed by atoms with Gasteiger partial charge in [0.05, 0.1) is 22.7 Å². The van der Waals surface area contributed by atoms with Crippen LogP contribution < -0.4 is 9.64 Å². The van der Waals surface area contributed by atoms with Crippen molar-refractivity contribution in [2.75, 3.05) is 18.1 Å². The highest BCUT2D eigenvalue weighted by Gasteiger charge is 2.50. The zero-order chi connectivity index (χ0) is 23.0. The molecule has 1 aromatic carbocycles. The van der Waals surface area contributed by atoms with Crippen molar-refractivity contribution in [2.24, 2.45) is 5.92 Å². The number of carboxylic acids is 1. The molecule has 1 heterocycles. The molecule has 1 N–H and O–H groups in total. The van der Waals surface area contributed by atoms with Gasteiger partial charge in [-0.25, -0.2) is 9.18 Å². The van der Waals surface area contributed by atoms with E-state index in [1.54, 1.807) is 5.92 Å². The number of hydrogen-bond donors (Lipinski definition) is 1. The maximum Gasteiger partial charge on any atom is 0.392 e. The van der Waals surface area contributed by atoms with Gasteiger partial charge in [-0.05, 0) is 24.8 Å². The van der Waals surface area contributed by atoms with E-state index in [1.165, 1.54) is 0 Å². The van der Waals surface area contributed by atoms with E-state index >= 15 is 0 Å². The minimum absolute atomic E-state index is 0.0131. The normalized spacial score (nSPS) is 22.7. The fourth-order valence-electron chi connectivity index (χ4n) is 3.73.